The molecular weight excluding hydrogens is 400 g/mol. The average molecular weight is 423 g/mol. The normalized spacial score (nSPS) is 11.1. The Morgan fingerprint density at radius 3 is 2.72 bits per heavy atom. The third-order valence-corrected chi connectivity index (χ3v) is 6.40. The van der Waals surface area contributed by atoms with Crippen LogP contribution in [-0.2, 0) is 0 Å². The molecule has 29 heavy (non-hydrogen) atoms. The highest BCUT2D eigenvalue weighted by molar-refractivity contribution is 7.99. The molecule has 4 nitrogen and oxygen atoms in total. The van der Waals surface area contributed by atoms with Crippen molar-refractivity contribution in [3.63, 3.8) is 0 Å². The third-order valence-electron chi connectivity index (χ3n) is 4.57. The number of thiophene rings is 1. The molecule has 1 N–H and O–H groups in total. The van der Waals surface area contributed by atoms with Crippen molar-refractivity contribution in [2.24, 2.45) is 0 Å². The van der Waals surface area contributed by atoms with Gasteiger partial charge in [-0.15, -0.1) is 11.3 Å². The van der Waals surface area contributed by atoms with Gasteiger partial charge >= 0.3 is 0 Å². The quantitative estimate of drug-likeness (QED) is 0.231. The molecule has 4 aromatic rings. The first-order valence-corrected chi connectivity index (χ1v) is 11.4. The van der Waals surface area contributed by atoms with Crippen molar-refractivity contribution >= 4 is 33.3 Å². The highest BCUT2D eigenvalue weighted by atomic mass is 32.2. The maximum absolute atomic E-state index is 12.7. The monoisotopic (exact) mass is 422 g/mol. The molecule has 148 valence electrons. The SMILES string of the molecule is Cc1ccc(-c2csc3nc(SCCCOc4cccc(C)c4)[nH]c(=O)c23)cc1. The Kier molecular flexibility index (Phi) is 6.02. The molecule has 0 radical (unpaired) electrons. The number of aromatic amines is 1. The molecule has 0 saturated heterocycles. The van der Waals surface area contributed by atoms with E-state index in [0.29, 0.717) is 17.1 Å². The molecule has 0 aliphatic rings. The number of nitrogens with zero attached hydrogens (tertiary/aromatic N) is 1. The Morgan fingerprint density at radius 1 is 1.10 bits per heavy atom. The summed E-state index contributed by atoms with van der Waals surface area (Å²) < 4.78 is 5.78. The summed E-state index contributed by atoms with van der Waals surface area (Å²) in [5.74, 6) is 1.72. The Balaban J connectivity index is 1.40. The lowest BCUT2D eigenvalue weighted by atomic mass is 10.1. The van der Waals surface area contributed by atoms with E-state index < -0.39 is 0 Å². The topological polar surface area (TPSA) is 55.0 Å². The molecule has 0 spiro atoms. The molecular formula is C23H22N2O2S2. The maximum Gasteiger partial charge on any atom is 0.260 e. The smallest absolute Gasteiger partial charge is 0.260 e. The number of benzene rings is 2. The number of fused-ring (bicyclic) bond motifs is 1. The van der Waals surface area contributed by atoms with Gasteiger partial charge in [-0.3, -0.25) is 4.79 Å². The third kappa shape index (κ3) is 4.71. The van der Waals surface area contributed by atoms with Crippen LogP contribution in [0.15, 0.2) is 63.9 Å². The second-order valence-electron chi connectivity index (χ2n) is 6.93. The van der Waals surface area contributed by atoms with E-state index in [1.165, 1.54) is 22.5 Å². The Hall–Kier alpha value is -2.57. The molecule has 2 heterocycles. The Labute approximate surface area is 178 Å². The summed E-state index contributed by atoms with van der Waals surface area (Å²) in [5.41, 5.74) is 4.30. The van der Waals surface area contributed by atoms with Gasteiger partial charge in [-0.25, -0.2) is 4.98 Å². The lowest BCUT2D eigenvalue weighted by molar-refractivity contribution is 0.318. The highest BCUT2D eigenvalue weighted by Gasteiger charge is 2.13. The van der Waals surface area contributed by atoms with Crippen LogP contribution >= 0.6 is 23.1 Å². The molecule has 4 rings (SSSR count). The van der Waals surface area contributed by atoms with Gasteiger partial charge in [0.15, 0.2) is 5.16 Å². The van der Waals surface area contributed by atoms with Gasteiger partial charge in [0.2, 0.25) is 0 Å². The molecule has 0 atom stereocenters. The molecule has 2 aromatic heterocycles. The van der Waals surface area contributed by atoms with E-state index in [-0.39, 0.29) is 5.56 Å². The standard InChI is InChI=1S/C23H22N2O2S2/c1-15-7-9-17(10-8-15)19-14-29-22-20(19)21(26)24-23(25-22)28-12-4-11-27-18-6-3-5-16(2)13-18/h3,5-10,13-14H,4,11-12H2,1-2H3,(H,24,25,26). The fraction of sp³-hybridized carbons (Fsp3) is 0.217. The Morgan fingerprint density at radius 2 is 1.93 bits per heavy atom. The summed E-state index contributed by atoms with van der Waals surface area (Å²) in [5, 5.41) is 3.35. The van der Waals surface area contributed by atoms with Gasteiger partial charge in [0.25, 0.3) is 5.56 Å². The first-order valence-electron chi connectivity index (χ1n) is 9.51. The second-order valence-corrected chi connectivity index (χ2v) is 8.88. The minimum atomic E-state index is -0.0784. The van der Waals surface area contributed by atoms with Crippen LogP contribution in [0.5, 0.6) is 5.75 Å². The fourth-order valence-corrected chi connectivity index (χ4v) is 4.85. The highest BCUT2D eigenvalue weighted by Crippen LogP contribution is 2.31. The van der Waals surface area contributed by atoms with E-state index >= 15 is 0 Å². The van der Waals surface area contributed by atoms with Crippen molar-refractivity contribution < 1.29 is 4.74 Å². The molecule has 0 aliphatic carbocycles. The number of rotatable bonds is 7. The van der Waals surface area contributed by atoms with Crippen LogP contribution in [0, 0.1) is 13.8 Å². The summed E-state index contributed by atoms with van der Waals surface area (Å²) >= 11 is 3.07. The van der Waals surface area contributed by atoms with Crippen LogP contribution in [0.3, 0.4) is 0 Å². The summed E-state index contributed by atoms with van der Waals surface area (Å²) in [4.78, 5) is 21.1. The minimum absolute atomic E-state index is 0.0784. The van der Waals surface area contributed by atoms with Gasteiger partial charge in [0.1, 0.15) is 10.6 Å². The first kappa shape index (κ1) is 19.7. The van der Waals surface area contributed by atoms with Gasteiger partial charge in [-0.1, -0.05) is 53.7 Å². The molecule has 0 saturated carbocycles. The molecule has 0 amide bonds. The summed E-state index contributed by atoms with van der Waals surface area (Å²) in [6.07, 6.45) is 0.874. The van der Waals surface area contributed by atoms with E-state index in [9.17, 15) is 4.79 Å². The van der Waals surface area contributed by atoms with Gasteiger partial charge in [0.05, 0.1) is 12.0 Å². The van der Waals surface area contributed by atoms with Crippen molar-refractivity contribution in [3.8, 4) is 16.9 Å². The fourth-order valence-electron chi connectivity index (χ4n) is 3.07. The predicted molar refractivity (Wildman–Crippen MR) is 122 cm³/mol. The zero-order valence-corrected chi connectivity index (χ0v) is 18.0. The van der Waals surface area contributed by atoms with Crippen LogP contribution in [-0.4, -0.2) is 22.3 Å². The maximum atomic E-state index is 12.7. The van der Waals surface area contributed by atoms with Crippen molar-refractivity contribution in [2.45, 2.75) is 25.4 Å². The molecule has 6 heteroatoms. The van der Waals surface area contributed by atoms with Crippen molar-refractivity contribution in [1.82, 2.24) is 9.97 Å². The predicted octanol–water partition coefficient (Wildman–Crippen LogP) is 5.83. The first-order chi connectivity index (χ1) is 14.1. The van der Waals surface area contributed by atoms with E-state index in [2.05, 4.69) is 42.0 Å². The van der Waals surface area contributed by atoms with E-state index in [0.717, 1.165) is 33.9 Å². The molecule has 2 aromatic carbocycles. The summed E-state index contributed by atoms with van der Waals surface area (Å²) in [6, 6.07) is 16.3. The van der Waals surface area contributed by atoms with E-state index in [1.807, 2.05) is 35.7 Å². The molecule has 0 unspecified atom stereocenters. The summed E-state index contributed by atoms with van der Waals surface area (Å²) in [6.45, 7) is 4.74. The van der Waals surface area contributed by atoms with E-state index in [4.69, 9.17) is 4.74 Å². The second kappa shape index (κ2) is 8.84. The molecule has 0 aliphatic heterocycles. The zero-order chi connectivity index (χ0) is 20.2. The van der Waals surface area contributed by atoms with Crippen LogP contribution < -0.4 is 10.3 Å². The van der Waals surface area contributed by atoms with Crippen molar-refractivity contribution in [1.29, 1.82) is 0 Å². The largest absolute Gasteiger partial charge is 0.494 e. The van der Waals surface area contributed by atoms with Crippen molar-refractivity contribution in [3.05, 3.63) is 75.4 Å². The lowest BCUT2D eigenvalue weighted by Crippen LogP contribution is -2.09. The number of aryl methyl sites for hydroxylation is 2. The summed E-state index contributed by atoms with van der Waals surface area (Å²) in [7, 11) is 0. The minimum Gasteiger partial charge on any atom is -0.494 e. The van der Waals surface area contributed by atoms with Crippen LogP contribution in [0.1, 0.15) is 17.5 Å². The lowest BCUT2D eigenvalue weighted by Gasteiger charge is -2.06. The van der Waals surface area contributed by atoms with Crippen LogP contribution in [0.2, 0.25) is 0 Å². The molecule has 0 bridgehead atoms. The number of ether oxygens (including phenoxy) is 1. The zero-order valence-electron chi connectivity index (χ0n) is 16.4. The number of aromatic nitrogens is 2. The number of hydrogen-bond donors (Lipinski definition) is 1. The molecule has 0 fully saturated rings. The average Bonchev–Trinajstić information content (AvgIpc) is 3.13. The van der Waals surface area contributed by atoms with Gasteiger partial charge in [0, 0.05) is 16.7 Å². The van der Waals surface area contributed by atoms with Crippen LogP contribution in [0.4, 0.5) is 0 Å². The van der Waals surface area contributed by atoms with E-state index in [1.54, 1.807) is 11.8 Å². The van der Waals surface area contributed by atoms with Gasteiger partial charge < -0.3 is 9.72 Å². The van der Waals surface area contributed by atoms with Crippen molar-refractivity contribution in [2.75, 3.05) is 12.4 Å². The number of nitrogens with one attached hydrogen (secondary N) is 1. The van der Waals surface area contributed by atoms with Crippen LogP contribution in [0.25, 0.3) is 21.3 Å². The van der Waals surface area contributed by atoms with Gasteiger partial charge in [-0.2, -0.15) is 0 Å². The number of thioether (sulfide) groups is 1. The Bertz CT molecular complexity index is 1180. The number of hydrogen-bond acceptors (Lipinski definition) is 5. The van der Waals surface area contributed by atoms with Gasteiger partial charge in [-0.05, 0) is 43.5 Å². The number of H-pyrrole nitrogens is 1.